The van der Waals surface area contributed by atoms with Crippen LogP contribution in [0.5, 0.6) is 5.75 Å². The van der Waals surface area contributed by atoms with Crippen LogP contribution in [0.4, 0.5) is 24.7 Å². The fourth-order valence-corrected chi connectivity index (χ4v) is 6.80. The van der Waals surface area contributed by atoms with Crippen molar-refractivity contribution in [3.05, 3.63) is 82.3 Å². The quantitative estimate of drug-likeness (QED) is 0.300. The van der Waals surface area contributed by atoms with Crippen LogP contribution in [0.2, 0.25) is 0 Å². The molecule has 1 fully saturated rings. The number of halogens is 3. The van der Waals surface area contributed by atoms with Crippen LogP contribution < -0.4 is 15.5 Å². The number of aromatic nitrogens is 3. The van der Waals surface area contributed by atoms with E-state index in [0.717, 1.165) is 12.1 Å². The molecule has 0 spiro atoms. The van der Waals surface area contributed by atoms with Crippen LogP contribution in [-0.2, 0) is 4.79 Å². The number of rotatable bonds is 4. The van der Waals surface area contributed by atoms with E-state index in [4.69, 9.17) is 0 Å². The number of nitrogens with zero attached hydrogens (tertiary/aromatic N) is 6. The van der Waals surface area contributed by atoms with Crippen LogP contribution in [-0.4, -0.2) is 69.2 Å². The molecule has 0 saturated carbocycles. The minimum absolute atomic E-state index is 0.0233. The molecule has 6 rings (SSSR count). The van der Waals surface area contributed by atoms with E-state index in [9.17, 15) is 19.1 Å². The average molecular weight is 633 g/mol. The Bertz CT molecular complexity index is 1980. The van der Waals surface area contributed by atoms with Gasteiger partial charge >= 0.3 is 5.69 Å². The molecule has 2 aliphatic heterocycles. The van der Waals surface area contributed by atoms with Gasteiger partial charge in [-0.25, -0.2) is 18.0 Å². The molecule has 0 bridgehead atoms. The largest absolute Gasteiger partial charge is 0.507 e. The minimum Gasteiger partial charge on any atom is -0.507 e. The molecule has 2 aromatic heterocycles. The van der Waals surface area contributed by atoms with Crippen molar-refractivity contribution in [3.8, 4) is 22.6 Å². The zero-order valence-electron chi connectivity index (χ0n) is 26.3. The van der Waals surface area contributed by atoms with Crippen molar-refractivity contribution in [2.45, 2.75) is 52.1 Å². The molecule has 2 aliphatic rings. The van der Waals surface area contributed by atoms with Crippen molar-refractivity contribution in [2.75, 3.05) is 36.5 Å². The number of carbonyl (C=O) groups excluding carboxylic acids is 1. The maximum absolute atomic E-state index is 16.9. The first-order chi connectivity index (χ1) is 21.8. The maximum Gasteiger partial charge on any atom is 0.354 e. The molecule has 4 heterocycles. The molecule has 2 aromatic carbocycles. The summed E-state index contributed by atoms with van der Waals surface area (Å²) >= 11 is 0. The van der Waals surface area contributed by atoms with Crippen LogP contribution in [0.25, 0.3) is 27.7 Å². The predicted molar refractivity (Wildman–Crippen MR) is 171 cm³/mol. The monoisotopic (exact) mass is 632 g/mol. The number of piperazine rings is 1. The number of hydrogen-bond donors (Lipinski definition) is 1. The summed E-state index contributed by atoms with van der Waals surface area (Å²) in [6.45, 7) is 12.2. The number of anilines is 2. The highest BCUT2D eigenvalue weighted by Gasteiger charge is 2.39. The Balaban J connectivity index is 1.77. The van der Waals surface area contributed by atoms with Crippen molar-refractivity contribution < 1.29 is 23.1 Å². The SMILES string of the molecule is C=CC(=O)N1CC2CCN(C)c3c(F)c(-c4c(O)ccc(F)c4F)cc4c3c(nc(=O)n4-c3c(C)ccnc3C(C)C)N2CC1C. The van der Waals surface area contributed by atoms with Gasteiger partial charge in [0.2, 0.25) is 5.91 Å². The van der Waals surface area contributed by atoms with Gasteiger partial charge in [-0.15, -0.1) is 0 Å². The summed E-state index contributed by atoms with van der Waals surface area (Å²) in [6.07, 6.45) is 3.38. The van der Waals surface area contributed by atoms with Gasteiger partial charge in [0, 0.05) is 50.5 Å². The molecule has 0 aliphatic carbocycles. The van der Waals surface area contributed by atoms with Gasteiger partial charge in [0.05, 0.1) is 33.5 Å². The van der Waals surface area contributed by atoms with Gasteiger partial charge in [-0.2, -0.15) is 4.98 Å². The van der Waals surface area contributed by atoms with E-state index in [1.807, 2.05) is 32.6 Å². The van der Waals surface area contributed by atoms with Gasteiger partial charge < -0.3 is 19.8 Å². The second kappa shape index (κ2) is 11.5. The van der Waals surface area contributed by atoms with Crippen LogP contribution in [0.15, 0.2) is 47.9 Å². The number of benzene rings is 2. The van der Waals surface area contributed by atoms with Gasteiger partial charge in [-0.3, -0.25) is 14.3 Å². The molecule has 2 atom stereocenters. The number of pyridine rings is 1. The highest BCUT2D eigenvalue weighted by atomic mass is 19.2. The normalized spacial score (nSPS) is 18.1. The Morgan fingerprint density at radius 1 is 1.13 bits per heavy atom. The fourth-order valence-electron chi connectivity index (χ4n) is 6.80. The number of carbonyl (C=O) groups is 1. The number of phenolic OH excluding ortho intramolecular Hbond substituents is 1. The topological polar surface area (TPSA) is 94.8 Å². The molecular weight excluding hydrogens is 597 g/mol. The third kappa shape index (κ3) is 4.78. The third-order valence-corrected chi connectivity index (χ3v) is 9.09. The van der Waals surface area contributed by atoms with E-state index in [2.05, 4.69) is 16.5 Å². The Hall–Kier alpha value is -4.87. The number of hydrogen-bond acceptors (Lipinski definition) is 7. The predicted octanol–water partition coefficient (Wildman–Crippen LogP) is 5.43. The van der Waals surface area contributed by atoms with Crippen molar-refractivity contribution in [1.29, 1.82) is 0 Å². The van der Waals surface area contributed by atoms with Crippen LogP contribution in [0.3, 0.4) is 0 Å². The third-order valence-electron chi connectivity index (χ3n) is 9.09. The molecule has 0 radical (unpaired) electrons. The van der Waals surface area contributed by atoms with Gasteiger partial charge in [-0.1, -0.05) is 20.4 Å². The molecular formula is C34H35F3N6O3. The Labute approximate surface area is 264 Å². The standard InChI is InChI=1S/C34H35F3N6O3/c1-7-25(45)41-16-20-11-13-40(6)32-27-23(14-21(28(32)36)26-24(44)9-8-22(35)29(26)37)43(31-18(4)10-12-38-30(31)17(2)3)34(46)39-33(27)42(20)15-19(41)5/h7-10,12,14,17,19-20,44H,1,11,13,15-16H2,2-6H3. The molecule has 9 nitrogen and oxygen atoms in total. The van der Waals surface area contributed by atoms with Gasteiger partial charge in [-0.05, 0) is 62.1 Å². The van der Waals surface area contributed by atoms with E-state index in [1.165, 1.54) is 16.7 Å². The lowest BCUT2D eigenvalue weighted by Gasteiger charge is -2.47. The highest BCUT2D eigenvalue weighted by molar-refractivity contribution is 6.05. The number of fused-ring (bicyclic) bond motifs is 2. The summed E-state index contributed by atoms with van der Waals surface area (Å²) in [5.74, 6) is -4.34. The smallest absolute Gasteiger partial charge is 0.354 e. The summed E-state index contributed by atoms with van der Waals surface area (Å²) in [4.78, 5) is 41.5. The number of phenols is 1. The Morgan fingerprint density at radius 2 is 1.87 bits per heavy atom. The molecule has 46 heavy (non-hydrogen) atoms. The molecule has 240 valence electrons. The summed E-state index contributed by atoms with van der Waals surface area (Å²) in [5, 5.41) is 11.0. The van der Waals surface area contributed by atoms with E-state index in [-0.39, 0.29) is 46.3 Å². The number of aryl methyl sites for hydroxylation is 1. The summed E-state index contributed by atoms with van der Waals surface area (Å²) in [5.41, 5.74) is 0.216. The molecule has 1 N–H and O–H groups in total. The first-order valence-corrected chi connectivity index (χ1v) is 15.2. The Morgan fingerprint density at radius 3 is 2.57 bits per heavy atom. The zero-order chi connectivity index (χ0) is 33.2. The Kier molecular flexibility index (Phi) is 7.77. The van der Waals surface area contributed by atoms with Gasteiger partial charge in [0.25, 0.3) is 0 Å². The number of amides is 1. The van der Waals surface area contributed by atoms with Gasteiger partial charge in [0.1, 0.15) is 11.6 Å². The fraction of sp³-hybridized carbons (Fsp3) is 0.353. The maximum atomic E-state index is 16.9. The molecule has 1 amide bonds. The summed E-state index contributed by atoms with van der Waals surface area (Å²) in [6, 6.07) is 4.22. The minimum atomic E-state index is -1.42. The second-order valence-corrected chi connectivity index (χ2v) is 12.4. The lowest BCUT2D eigenvalue weighted by Crippen LogP contribution is -2.60. The molecule has 2 unspecified atom stereocenters. The van der Waals surface area contributed by atoms with Crippen molar-refractivity contribution in [3.63, 3.8) is 0 Å². The zero-order valence-corrected chi connectivity index (χ0v) is 26.3. The van der Waals surface area contributed by atoms with Crippen LogP contribution in [0.1, 0.15) is 44.4 Å². The molecule has 12 heteroatoms. The highest BCUT2D eigenvalue weighted by Crippen LogP contribution is 2.46. The van der Waals surface area contributed by atoms with E-state index in [0.29, 0.717) is 43.0 Å². The van der Waals surface area contributed by atoms with E-state index >= 15 is 8.78 Å². The van der Waals surface area contributed by atoms with Crippen molar-refractivity contribution in [2.24, 2.45) is 0 Å². The first kappa shape index (κ1) is 31.1. The lowest BCUT2D eigenvalue weighted by molar-refractivity contribution is -0.128. The van der Waals surface area contributed by atoms with Crippen LogP contribution >= 0.6 is 0 Å². The number of aromatic hydroxyl groups is 1. The second-order valence-electron chi connectivity index (χ2n) is 12.4. The first-order valence-electron chi connectivity index (χ1n) is 15.2. The molecule has 1 saturated heterocycles. The lowest BCUT2D eigenvalue weighted by atomic mass is 9.95. The summed E-state index contributed by atoms with van der Waals surface area (Å²) in [7, 11) is 1.67. The van der Waals surface area contributed by atoms with Crippen LogP contribution in [0, 0.1) is 24.4 Å². The van der Waals surface area contributed by atoms with E-state index < -0.39 is 40.0 Å². The van der Waals surface area contributed by atoms with Crippen molar-refractivity contribution in [1.82, 2.24) is 19.4 Å². The molecule has 4 aromatic rings. The average Bonchev–Trinajstić information content (AvgIpc) is 3.01. The van der Waals surface area contributed by atoms with Gasteiger partial charge in [0.15, 0.2) is 17.5 Å². The van der Waals surface area contributed by atoms with Crippen molar-refractivity contribution >= 4 is 28.3 Å². The summed E-state index contributed by atoms with van der Waals surface area (Å²) < 4.78 is 48.2. The van der Waals surface area contributed by atoms with E-state index in [1.54, 1.807) is 29.1 Å².